The number of morpholine rings is 1. The number of amides is 1. The fourth-order valence-corrected chi connectivity index (χ4v) is 2.22. The Morgan fingerprint density at radius 3 is 2.85 bits per heavy atom. The van der Waals surface area contributed by atoms with Gasteiger partial charge in [-0.15, -0.1) is 0 Å². The summed E-state index contributed by atoms with van der Waals surface area (Å²) in [4.78, 5) is 22.3. The Bertz CT molecular complexity index is 474. The summed E-state index contributed by atoms with van der Waals surface area (Å²) in [6.07, 6.45) is 2.12. The zero-order valence-corrected chi connectivity index (χ0v) is 11.9. The molecule has 1 amide bonds. The monoisotopic (exact) mass is 279 g/mol. The van der Waals surface area contributed by atoms with Crippen LogP contribution in [0.25, 0.3) is 0 Å². The smallest absolute Gasteiger partial charge is 0.244 e. The molecule has 3 N–H and O–H groups in total. The molecule has 1 fully saturated rings. The van der Waals surface area contributed by atoms with Crippen LogP contribution in [-0.2, 0) is 16.0 Å². The topological polar surface area (TPSA) is 93.4 Å². The third-order valence-electron chi connectivity index (χ3n) is 3.38. The molecule has 1 aliphatic heterocycles. The van der Waals surface area contributed by atoms with Crippen molar-refractivity contribution in [2.24, 2.45) is 0 Å². The summed E-state index contributed by atoms with van der Waals surface area (Å²) in [5.41, 5.74) is 6.67. The van der Waals surface area contributed by atoms with E-state index in [1.54, 1.807) is 4.90 Å². The molecule has 2 rings (SSSR count). The highest BCUT2D eigenvalue weighted by Crippen LogP contribution is 2.18. The van der Waals surface area contributed by atoms with Gasteiger partial charge in [0.05, 0.1) is 13.2 Å². The molecule has 7 nitrogen and oxygen atoms in total. The van der Waals surface area contributed by atoms with Gasteiger partial charge in [0.2, 0.25) is 5.91 Å². The summed E-state index contributed by atoms with van der Waals surface area (Å²) in [6, 6.07) is -0.354. The van der Waals surface area contributed by atoms with Crippen molar-refractivity contribution in [2.45, 2.75) is 26.3 Å². The summed E-state index contributed by atoms with van der Waals surface area (Å²) < 4.78 is 5.25. The van der Waals surface area contributed by atoms with Gasteiger partial charge in [-0.1, -0.05) is 6.92 Å². The third kappa shape index (κ3) is 3.16. The van der Waals surface area contributed by atoms with E-state index in [0.717, 1.165) is 5.56 Å². The van der Waals surface area contributed by atoms with Crippen molar-refractivity contribution in [3.63, 3.8) is 0 Å². The van der Waals surface area contributed by atoms with E-state index in [4.69, 9.17) is 10.5 Å². The van der Waals surface area contributed by atoms with E-state index in [-0.39, 0.29) is 11.9 Å². The first-order chi connectivity index (χ1) is 9.63. The molecule has 0 spiro atoms. The highest BCUT2D eigenvalue weighted by Gasteiger charge is 2.23. The first kappa shape index (κ1) is 14.5. The van der Waals surface area contributed by atoms with E-state index in [1.807, 2.05) is 13.8 Å². The predicted molar refractivity (Wildman–Crippen MR) is 76.3 cm³/mol. The first-order valence-corrected chi connectivity index (χ1v) is 6.86. The summed E-state index contributed by atoms with van der Waals surface area (Å²) in [7, 11) is 0. The number of anilines is 2. The molecule has 1 aromatic heterocycles. The zero-order chi connectivity index (χ0) is 14.5. The summed E-state index contributed by atoms with van der Waals surface area (Å²) in [6.45, 7) is 6.28. The van der Waals surface area contributed by atoms with Crippen molar-refractivity contribution >= 4 is 17.5 Å². The van der Waals surface area contributed by atoms with Crippen molar-refractivity contribution in [1.29, 1.82) is 0 Å². The second-order valence-corrected chi connectivity index (χ2v) is 4.74. The Morgan fingerprint density at radius 1 is 1.50 bits per heavy atom. The van der Waals surface area contributed by atoms with Gasteiger partial charge in [-0.3, -0.25) is 4.79 Å². The maximum Gasteiger partial charge on any atom is 0.244 e. The lowest BCUT2D eigenvalue weighted by Gasteiger charge is -2.29. The number of hydrogen-bond donors (Lipinski definition) is 2. The average Bonchev–Trinajstić information content (AvgIpc) is 2.47. The van der Waals surface area contributed by atoms with E-state index in [9.17, 15) is 4.79 Å². The van der Waals surface area contributed by atoms with Gasteiger partial charge in [-0.2, -0.15) is 0 Å². The second-order valence-electron chi connectivity index (χ2n) is 4.74. The molecule has 1 saturated heterocycles. The minimum Gasteiger partial charge on any atom is -0.383 e. The molecule has 110 valence electrons. The SMILES string of the molecule is CCc1c(N)ncnc1NC(C)C(=O)N1CCOCC1. The number of carbonyl (C=O) groups is 1. The number of nitrogen functional groups attached to an aromatic ring is 1. The van der Waals surface area contributed by atoms with Gasteiger partial charge in [-0.05, 0) is 13.3 Å². The molecular weight excluding hydrogens is 258 g/mol. The maximum atomic E-state index is 12.3. The van der Waals surface area contributed by atoms with E-state index in [0.29, 0.717) is 44.4 Å². The zero-order valence-electron chi connectivity index (χ0n) is 11.9. The lowest BCUT2D eigenvalue weighted by Crippen LogP contribution is -2.47. The number of carbonyl (C=O) groups excluding carboxylic acids is 1. The minimum atomic E-state index is -0.354. The van der Waals surface area contributed by atoms with Crippen LogP contribution in [0.3, 0.4) is 0 Å². The van der Waals surface area contributed by atoms with Gasteiger partial charge in [0.1, 0.15) is 24.0 Å². The second kappa shape index (κ2) is 6.51. The maximum absolute atomic E-state index is 12.3. The number of rotatable bonds is 4. The molecule has 0 aliphatic carbocycles. The molecule has 0 bridgehead atoms. The van der Waals surface area contributed by atoms with Gasteiger partial charge in [0, 0.05) is 18.7 Å². The Hall–Kier alpha value is -1.89. The van der Waals surface area contributed by atoms with Crippen LogP contribution in [0, 0.1) is 0 Å². The number of aromatic nitrogens is 2. The van der Waals surface area contributed by atoms with Crippen LogP contribution in [0.15, 0.2) is 6.33 Å². The number of nitrogens with one attached hydrogen (secondary N) is 1. The predicted octanol–water partition coefficient (Wildman–Crippen LogP) is 0.280. The molecule has 20 heavy (non-hydrogen) atoms. The van der Waals surface area contributed by atoms with Crippen LogP contribution < -0.4 is 11.1 Å². The molecule has 1 aromatic rings. The normalized spacial score (nSPS) is 16.8. The molecule has 7 heteroatoms. The van der Waals surface area contributed by atoms with Crippen LogP contribution >= 0.6 is 0 Å². The van der Waals surface area contributed by atoms with Gasteiger partial charge in [-0.25, -0.2) is 9.97 Å². The quantitative estimate of drug-likeness (QED) is 0.822. The standard InChI is InChI=1S/C13H21N5O2/c1-3-10-11(14)15-8-16-12(10)17-9(2)13(19)18-4-6-20-7-5-18/h8-9H,3-7H2,1-2H3,(H3,14,15,16,17). The lowest BCUT2D eigenvalue weighted by molar-refractivity contribution is -0.135. The Balaban J connectivity index is 2.05. The van der Waals surface area contributed by atoms with Crippen molar-refractivity contribution in [3.8, 4) is 0 Å². The van der Waals surface area contributed by atoms with Crippen LogP contribution in [0.4, 0.5) is 11.6 Å². The third-order valence-corrected chi connectivity index (χ3v) is 3.38. The fraction of sp³-hybridized carbons (Fsp3) is 0.615. The molecule has 0 radical (unpaired) electrons. The van der Waals surface area contributed by atoms with Gasteiger partial charge in [0.15, 0.2) is 0 Å². The van der Waals surface area contributed by atoms with Gasteiger partial charge >= 0.3 is 0 Å². The minimum absolute atomic E-state index is 0.0486. The van der Waals surface area contributed by atoms with E-state index >= 15 is 0 Å². The fourth-order valence-electron chi connectivity index (χ4n) is 2.22. The van der Waals surface area contributed by atoms with E-state index in [2.05, 4.69) is 15.3 Å². The summed E-state index contributed by atoms with van der Waals surface area (Å²) >= 11 is 0. The molecule has 2 heterocycles. The molecule has 1 aliphatic rings. The Kier molecular flexibility index (Phi) is 4.73. The van der Waals surface area contributed by atoms with Gasteiger partial charge < -0.3 is 20.7 Å². The number of hydrogen-bond acceptors (Lipinski definition) is 6. The van der Waals surface area contributed by atoms with Crippen LogP contribution in [-0.4, -0.2) is 53.1 Å². The van der Waals surface area contributed by atoms with Crippen molar-refractivity contribution in [2.75, 3.05) is 37.4 Å². The largest absolute Gasteiger partial charge is 0.383 e. The van der Waals surface area contributed by atoms with Gasteiger partial charge in [0.25, 0.3) is 0 Å². The molecule has 1 unspecified atom stereocenters. The number of nitrogens with two attached hydrogens (primary N) is 1. The van der Waals surface area contributed by atoms with E-state index in [1.165, 1.54) is 6.33 Å². The Morgan fingerprint density at radius 2 is 2.20 bits per heavy atom. The molecule has 0 saturated carbocycles. The summed E-state index contributed by atoms with van der Waals surface area (Å²) in [5.74, 6) is 1.14. The van der Waals surface area contributed by atoms with Crippen LogP contribution in [0.1, 0.15) is 19.4 Å². The Labute approximate surface area is 118 Å². The molecule has 1 atom stereocenters. The highest BCUT2D eigenvalue weighted by molar-refractivity contribution is 5.84. The van der Waals surface area contributed by atoms with Crippen molar-refractivity contribution < 1.29 is 9.53 Å². The average molecular weight is 279 g/mol. The van der Waals surface area contributed by atoms with Crippen molar-refractivity contribution in [1.82, 2.24) is 14.9 Å². The highest BCUT2D eigenvalue weighted by atomic mass is 16.5. The summed E-state index contributed by atoms with van der Waals surface area (Å²) in [5, 5.41) is 3.14. The molecular formula is C13H21N5O2. The van der Waals surface area contributed by atoms with Crippen LogP contribution in [0.5, 0.6) is 0 Å². The number of nitrogens with zero attached hydrogens (tertiary/aromatic N) is 3. The first-order valence-electron chi connectivity index (χ1n) is 6.86. The lowest BCUT2D eigenvalue weighted by atomic mass is 10.2. The van der Waals surface area contributed by atoms with E-state index < -0.39 is 0 Å². The van der Waals surface area contributed by atoms with Crippen molar-refractivity contribution in [3.05, 3.63) is 11.9 Å². The molecule has 0 aromatic carbocycles. The van der Waals surface area contributed by atoms with Crippen LogP contribution in [0.2, 0.25) is 0 Å². The number of ether oxygens (including phenoxy) is 1.